The Hall–Kier alpha value is -4.91. The maximum atomic E-state index is 14.4. The summed E-state index contributed by atoms with van der Waals surface area (Å²) in [5.74, 6) is -2.71. The smallest absolute Gasteiger partial charge is 0.274 e. The van der Waals surface area contributed by atoms with E-state index in [9.17, 15) is 19.7 Å². The van der Waals surface area contributed by atoms with Gasteiger partial charge in [-0.1, -0.05) is 78.9 Å². The van der Waals surface area contributed by atoms with Crippen molar-refractivity contribution in [3.8, 4) is 0 Å². The van der Waals surface area contributed by atoms with Crippen LogP contribution in [0.15, 0.2) is 108 Å². The van der Waals surface area contributed by atoms with Crippen LogP contribution in [0.3, 0.4) is 0 Å². The van der Waals surface area contributed by atoms with Gasteiger partial charge in [0, 0.05) is 18.2 Å². The molecule has 38 heavy (non-hydrogen) atoms. The molecule has 0 aromatic heterocycles. The summed E-state index contributed by atoms with van der Waals surface area (Å²) in [5.41, 5.74) is 3.29. The van der Waals surface area contributed by atoms with E-state index in [1.54, 1.807) is 6.07 Å². The maximum Gasteiger partial charge on any atom is 0.293 e. The third kappa shape index (κ3) is 2.81. The van der Waals surface area contributed by atoms with E-state index in [0.29, 0.717) is 0 Å². The zero-order valence-electron chi connectivity index (χ0n) is 20.1. The molecule has 2 bridgehead atoms. The van der Waals surface area contributed by atoms with Gasteiger partial charge in [0.15, 0.2) is 0 Å². The summed E-state index contributed by atoms with van der Waals surface area (Å²) in [7, 11) is 0. The second-order valence-electron chi connectivity index (χ2n) is 9.88. The Morgan fingerprint density at radius 3 is 2.00 bits per heavy atom. The SMILES string of the molecule is O=C1[C@@H]2C3c4ccccc4C(C=Nc4ccccc4)(c4ccccc43)[C@H]2C(=O)N1c1ccccc1[N+](=O)[O-]. The van der Waals surface area contributed by atoms with Gasteiger partial charge in [0.05, 0.1) is 27.9 Å². The number of amides is 2. The number of anilines is 1. The Balaban J connectivity index is 1.51. The van der Waals surface area contributed by atoms with Gasteiger partial charge in [0.25, 0.3) is 5.69 Å². The van der Waals surface area contributed by atoms with Gasteiger partial charge in [0.2, 0.25) is 11.8 Å². The molecule has 1 saturated heterocycles. The van der Waals surface area contributed by atoms with Crippen LogP contribution >= 0.6 is 0 Å². The molecule has 0 N–H and O–H groups in total. The number of aliphatic imine (C=N–C) groups is 1. The van der Waals surface area contributed by atoms with Crippen LogP contribution in [0.1, 0.15) is 28.2 Å². The van der Waals surface area contributed by atoms with E-state index in [1.807, 2.05) is 85.1 Å². The average Bonchev–Trinajstić information content (AvgIpc) is 3.23. The molecule has 1 aliphatic heterocycles. The first-order chi connectivity index (χ1) is 18.5. The van der Waals surface area contributed by atoms with Crippen LogP contribution in [-0.2, 0) is 15.0 Å². The topological polar surface area (TPSA) is 92.9 Å². The van der Waals surface area contributed by atoms with E-state index >= 15 is 0 Å². The standard InChI is InChI=1S/C31H21N3O4/c35-29-27-26-20-12-4-6-14-22(20)31(23-15-7-5-13-21(23)26,18-32-19-10-2-1-3-11-19)28(27)30(36)33(29)24-16-8-9-17-25(24)34(37)38/h1-18,26-28H/t26?,27-,28-,31?/m1/s1. The van der Waals surface area contributed by atoms with Crippen LogP contribution in [0, 0.1) is 22.0 Å². The van der Waals surface area contributed by atoms with E-state index in [2.05, 4.69) is 0 Å². The molecule has 0 unspecified atom stereocenters. The average molecular weight is 500 g/mol. The summed E-state index contributed by atoms with van der Waals surface area (Å²) >= 11 is 0. The molecular formula is C31H21N3O4. The summed E-state index contributed by atoms with van der Waals surface area (Å²) in [6.45, 7) is 0. The number of benzene rings is 4. The first kappa shape index (κ1) is 22.3. The zero-order chi connectivity index (χ0) is 26.0. The molecule has 0 saturated carbocycles. The Labute approximate surface area is 218 Å². The van der Waals surface area contributed by atoms with Gasteiger partial charge in [-0.2, -0.15) is 0 Å². The van der Waals surface area contributed by atoms with Gasteiger partial charge >= 0.3 is 0 Å². The van der Waals surface area contributed by atoms with E-state index < -0.39 is 34.0 Å². The molecule has 0 radical (unpaired) electrons. The first-order valence-corrected chi connectivity index (χ1v) is 12.4. The molecule has 7 heteroatoms. The van der Waals surface area contributed by atoms with Crippen LogP contribution in [-0.4, -0.2) is 23.0 Å². The van der Waals surface area contributed by atoms with E-state index in [0.717, 1.165) is 32.8 Å². The largest absolute Gasteiger partial charge is 0.293 e. The molecule has 8 rings (SSSR count). The molecule has 2 amide bonds. The first-order valence-electron chi connectivity index (χ1n) is 12.4. The fourth-order valence-corrected chi connectivity index (χ4v) is 6.79. The Bertz CT molecular complexity index is 1630. The van der Waals surface area contributed by atoms with Crippen molar-refractivity contribution >= 4 is 35.1 Å². The molecule has 184 valence electrons. The minimum absolute atomic E-state index is 0.00422. The summed E-state index contributed by atoms with van der Waals surface area (Å²) in [6.07, 6.45) is 1.82. The molecule has 7 nitrogen and oxygen atoms in total. The van der Waals surface area contributed by atoms with Gasteiger partial charge < -0.3 is 0 Å². The molecule has 3 aliphatic carbocycles. The molecule has 4 aliphatic rings. The number of carbonyl (C=O) groups is 2. The van der Waals surface area contributed by atoms with Crippen molar-refractivity contribution in [3.63, 3.8) is 0 Å². The second kappa shape index (κ2) is 8.05. The van der Waals surface area contributed by atoms with Crippen LogP contribution in [0.25, 0.3) is 0 Å². The van der Waals surface area contributed by atoms with E-state index in [4.69, 9.17) is 4.99 Å². The lowest BCUT2D eigenvalue weighted by Gasteiger charge is -2.52. The predicted molar refractivity (Wildman–Crippen MR) is 143 cm³/mol. The Kier molecular flexibility index (Phi) is 4.72. The van der Waals surface area contributed by atoms with Crippen molar-refractivity contribution in [2.45, 2.75) is 11.3 Å². The van der Waals surface area contributed by atoms with Crippen molar-refractivity contribution in [1.29, 1.82) is 0 Å². The maximum absolute atomic E-state index is 14.4. The minimum Gasteiger partial charge on any atom is -0.274 e. The van der Waals surface area contributed by atoms with Gasteiger partial charge in [-0.05, 0) is 40.5 Å². The number of carbonyl (C=O) groups excluding carboxylic acids is 2. The molecule has 1 fully saturated rings. The predicted octanol–water partition coefficient (Wildman–Crippen LogP) is 5.55. The Morgan fingerprint density at radius 2 is 1.34 bits per heavy atom. The molecule has 4 aromatic carbocycles. The quantitative estimate of drug-likeness (QED) is 0.159. The molecule has 1 heterocycles. The van der Waals surface area contributed by atoms with Crippen LogP contribution < -0.4 is 4.90 Å². The van der Waals surface area contributed by atoms with Crippen molar-refractivity contribution in [2.75, 3.05) is 4.90 Å². The number of rotatable bonds is 4. The normalized spacial score (nSPS) is 24.8. The van der Waals surface area contributed by atoms with Gasteiger partial charge in [-0.25, -0.2) is 4.90 Å². The summed E-state index contributed by atoms with van der Waals surface area (Å²) < 4.78 is 0. The molecule has 4 aromatic rings. The highest BCUT2D eigenvalue weighted by molar-refractivity contribution is 6.25. The third-order valence-electron chi connectivity index (χ3n) is 8.18. The van der Waals surface area contributed by atoms with Crippen molar-refractivity contribution in [3.05, 3.63) is 135 Å². The number of nitrogens with zero attached hydrogens (tertiary/aromatic N) is 3. The second-order valence-corrected chi connectivity index (χ2v) is 9.88. The number of nitro benzene ring substituents is 1. The highest BCUT2D eigenvalue weighted by Crippen LogP contribution is 2.64. The molecule has 2 atom stereocenters. The van der Waals surface area contributed by atoms with E-state index in [-0.39, 0.29) is 17.3 Å². The highest BCUT2D eigenvalue weighted by atomic mass is 16.6. The Morgan fingerprint density at radius 1 is 0.763 bits per heavy atom. The number of nitro groups is 1. The number of imide groups is 1. The fraction of sp³-hybridized carbons (Fsp3) is 0.129. The lowest BCUT2D eigenvalue weighted by molar-refractivity contribution is -0.384. The molecule has 0 spiro atoms. The zero-order valence-corrected chi connectivity index (χ0v) is 20.1. The lowest BCUT2D eigenvalue weighted by Crippen LogP contribution is -2.54. The lowest BCUT2D eigenvalue weighted by atomic mass is 9.47. The monoisotopic (exact) mass is 499 g/mol. The van der Waals surface area contributed by atoms with Crippen LogP contribution in [0.2, 0.25) is 0 Å². The number of hydrogen-bond donors (Lipinski definition) is 0. The van der Waals surface area contributed by atoms with Crippen molar-refractivity contribution < 1.29 is 14.5 Å². The number of hydrogen-bond acceptors (Lipinski definition) is 5. The van der Waals surface area contributed by atoms with Crippen molar-refractivity contribution in [1.82, 2.24) is 0 Å². The fourth-order valence-electron chi connectivity index (χ4n) is 6.79. The van der Waals surface area contributed by atoms with Gasteiger partial charge in [0.1, 0.15) is 5.69 Å². The molecular weight excluding hydrogens is 478 g/mol. The summed E-state index contributed by atoms with van der Waals surface area (Å²) in [6, 6.07) is 31.2. The van der Waals surface area contributed by atoms with Crippen molar-refractivity contribution in [2.24, 2.45) is 16.8 Å². The minimum atomic E-state index is -1.02. The summed E-state index contributed by atoms with van der Waals surface area (Å²) in [4.78, 5) is 45.8. The van der Waals surface area contributed by atoms with E-state index in [1.165, 1.54) is 18.2 Å². The number of para-hydroxylation sites is 3. The van der Waals surface area contributed by atoms with Crippen LogP contribution in [0.5, 0.6) is 0 Å². The van der Waals surface area contributed by atoms with Gasteiger partial charge in [-0.3, -0.25) is 24.7 Å². The highest BCUT2D eigenvalue weighted by Gasteiger charge is 2.68. The summed E-state index contributed by atoms with van der Waals surface area (Å²) in [5, 5.41) is 11.9. The van der Waals surface area contributed by atoms with Crippen LogP contribution in [0.4, 0.5) is 17.1 Å². The third-order valence-corrected chi connectivity index (χ3v) is 8.18. The van der Waals surface area contributed by atoms with Gasteiger partial charge in [-0.15, -0.1) is 0 Å².